The van der Waals surface area contributed by atoms with Gasteiger partial charge in [-0.2, -0.15) is 0 Å². The molecule has 0 aliphatic heterocycles. The van der Waals surface area contributed by atoms with Crippen molar-refractivity contribution < 1.29 is 0 Å². The van der Waals surface area contributed by atoms with Crippen LogP contribution in [-0.4, -0.2) is 12.6 Å². The van der Waals surface area contributed by atoms with Gasteiger partial charge in [-0.3, -0.25) is 0 Å². The Labute approximate surface area is 118 Å². The summed E-state index contributed by atoms with van der Waals surface area (Å²) in [4.78, 5) is 0. The molecule has 19 heavy (non-hydrogen) atoms. The Balaban J connectivity index is 2.01. The van der Waals surface area contributed by atoms with Crippen LogP contribution < -0.4 is 5.32 Å². The Morgan fingerprint density at radius 1 is 1.11 bits per heavy atom. The van der Waals surface area contributed by atoms with E-state index in [1.165, 1.54) is 37.7 Å². The Morgan fingerprint density at radius 3 is 2.47 bits per heavy atom. The fraction of sp³-hybridized carbons (Fsp3) is 0.667. The SMILES string of the molecule is CCC(C)(C)CNC1CCCCC1c1ccccc1. The molecule has 0 aromatic heterocycles. The van der Waals surface area contributed by atoms with Crippen molar-refractivity contribution in [2.24, 2.45) is 5.41 Å². The van der Waals surface area contributed by atoms with Crippen LogP contribution in [0.2, 0.25) is 0 Å². The van der Waals surface area contributed by atoms with Gasteiger partial charge in [0.2, 0.25) is 0 Å². The molecule has 1 fully saturated rings. The summed E-state index contributed by atoms with van der Waals surface area (Å²) >= 11 is 0. The van der Waals surface area contributed by atoms with E-state index in [0.29, 0.717) is 17.4 Å². The summed E-state index contributed by atoms with van der Waals surface area (Å²) in [7, 11) is 0. The highest BCUT2D eigenvalue weighted by Crippen LogP contribution is 2.33. The fourth-order valence-corrected chi connectivity index (χ4v) is 3.01. The monoisotopic (exact) mass is 259 g/mol. The molecule has 0 spiro atoms. The lowest BCUT2D eigenvalue weighted by Gasteiger charge is -2.35. The Kier molecular flexibility index (Phi) is 5.04. The minimum Gasteiger partial charge on any atom is -0.313 e. The summed E-state index contributed by atoms with van der Waals surface area (Å²) in [6.07, 6.45) is 6.68. The molecule has 0 amide bonds. The van der Waals surface area contributed by atoms with Crippen LogP contribution >= 0.6 is 0 Å². The highest BCUT2D eigenvalue weighted by atomic mass is 14.9. The molecule has 1 saturated carbocycles. The van der Waals surface area contributed by atoms with Gasteiger partial charge in [0.1, 0.15) is 0 Å². The van der Waals surface area contributed by atoms with Gasteiger partial charge in [0.25, 0.3) is 0 Å². The van der Waals surface area contributed by atoms with Crippen molar-refractivity contribution in [3.8, 4) is 0 Å². The zero-order valence-electron chi connectivity index (χ0n) is 12.8. The van der Waals surface area contributed by atoms with Crippen LogP contribution in [0.1, 0.15) is 64.4 Å². The standard InChI is InChI=1S/C18H29N/c1-4-18(2,3)14-19-17-13-9-8-12-16(17)15-10-6-5-7-11-15/h5-7,10-11,16-17,19H,4,8-9,12-14H2,1-3H3. The van der Waals surface area contributed by atoms with Crippen LogP contribution in [-0.2, 0) is 0 Å². The maximum atomic E-state index is 3.86. The molecule has 0 heterocycles. The molecular weight excluding hydrogens is 230 g/mol. The third-order valence-electron chi connectivity index (χ3n) is 4.79. The van der Waals surface area contributed by atoms with Gasteiger partial charge in [-0.1, -0.05) is 63.9 Å². The second-order valence-electron chi connectivity index (χ2n) is 6.81. The Bertz CT molecular complexity index is 369. The van der Waals surface area contributed by atoms with Gasteiger partial charge in [-0.25, -0.2) is 0 Å². The Morgan fingerprint density at radius 2 is 1.79 bits per heavy atom. The topological polar surface area (TPSA) is 12.0 Å². The molecule has 0 saturated heterocycles. The molecule has 1 heteroatoms. The largest absolute Gasteiger partial charge is 0.313 e. The van der Waals surface area contributed by atoms with Crippen molar-refractivity contribution in [1.82, 2.24) is 5.32 Å². The highest BCUT2D eigenvalue weighted by molar-refractivity contribution is 5.22. The van der Waals surface area contributed by atoms with Crippen LogP contribution in [0.3, 0.4) is 0 Å². The third kappa shape index (κ3) is 4.07. The first-order valence-corrected chi connectivity index (χ1v) is 7.91. The van der Waals surface area contributed by atoms with E-state index in [2.05, 4.69) is 56.4 Å². The predicted molar refractivity (Wildman–Crippen MR) is 83.5 cm³/mol. The van der Waals surface area contributed by atoms with Gasteiger partial charge in [0.05, 0.1) is 0 Å². The molecule has 1 aliphatic rings. The molecule has 1 N–H and O–H groups in total. The number of hydrogen-bond donors (Lipinski definition) is 1. The molecule has 2 atom stereocenters. The molecular formula is C18H29N. The predicted octanol–water partition coefficient (Wildman–Crippen LogP) is 4.74. The summed E-state index contributed by atoms with van der Waals surface area (Å²) in [5, 5.41) is 3.86. The van der Waals surface area contributed by atoms with Crippen molar-refractivity contribution >= 4 is 0 Å². The van der Waals surface area contributed by atoms with E-state index in [4.69, 9.17) is 0 Å². The summed E-state index contributed by atoms with van der Waals surface area (Å²) in [6, 6.07) is 11.7. The van der Waals surface area contributed by atoms with E-state index in [9.17, 15) is 0 Å². The van der Waals surface area contributed by atoms with Crippen molar-refractivity contribution in [2.75, 3.05) is 6.54 Å². The van der Waals surface area contributed by atoms with Crippen LogP contribution in [0.15, 0.2) is 30.3 Å². The lowest BCUT2D eigenvalue weighted by molar-refractivity contribution is 0.262. The summed E-state index contributed by atoms with van der Waals surface area (Å²) in [6.45, 7) is 8.15. The van der Waals surface area contributed by atoms with Gasteiger partial charge in [-0.15, -0.1) is 0 Å². The number of rotatable bonds is 5. The van der Waals surface area contributed by atoms with Crippen molar-refractivity contribution in [2.45, 2.75) is 64.8 Å². The molecule has 1 aromatic rings. The molecule has 2 rings (SSSR count). The number of hydrogen-bond acceptors (Lipinski definition) is 1. The first-order valence-electron chi connectivity index (χ1n) is 7.91. The maximum Gasteiger partial charge on any atom is 0.0136 e. The lowest BCUT2D eigenvalue weighted by Crippen LogP contribution is -2.41. The van der Waals surface area contributed by atoms with E-state index in [1.807, 2.05) is 0 Å². The molecule has 1 aromatic carbocycles. The Hall–Kier alpha value is -0.820. The van der Waals surface area contributed by atoms with E-state index < -0.39 is 0 Å². The summed E-state index contributed by atoms with van der Waals surface area (Å²) in [5.41, 5.74) is 1.94. The number of benzene rings is 1. The molecule has 0 bridgehead atoms. The minimum absolute atomic E-state index is 0.415. The number of nitrogens with one attached hydrogen (secondary N) is 1. The molecule has 106 valence electrons. The third-order valence-corrected chi connectivity index (χ3v) is 4.79. The molecule has 1 nitrogen and oxygen atoms in total. The van der Waals surface area contributed by atoms with E-state index in [0.717, 1.165) is 6.54 Å². The zero-order valence-corrected chi connectivity index (χ0v) is 12.8. The van der Waals surface area contributed by atoms with Gasteiger partial charge < -0.3 is 5.32 Å². The van der Waals surface area contributed by atoms with E-state index in [-0.39, 0.29) is 0 Å². The second kappa shape index (κ2) is 6.56. The first-order chi connectivity index (χ1) is 9.12. The van der Waals surface area contributed by atoms with Crippen molar-refractivity contribution in [3.05, 3.63) is 35.9 Å². The average Bonchev–Trinajstić information content (AvgIpc) is 2.46. The second-order valence-corrected chi connectivity index (χ2v) is 6.81. The minimum atomic E-state index is 0.415. The van der Waals surface area contributed by atoms with Crippen LogP contribution in [0.5, 0.6) is 0 Å². The normalized spacial score (nSPS) is 24.4. The quantitative estimate of drug-likeness (QED) is 0.805. The van der Waals surface area contributed by atoms with E-state index >= 15 is 0 Å². The molecule has 0 radical (unpaired) electrons. The summed E-state index contributed by atoms with van der Waals surface area (Å²) < 4.78 is 0. The van der Waals surface area contributed by atoms with Crippen LogP contribution in [0.4, 0.5) is 0 Å². The maximum absolute atomic E-state index is 3.86. The van der Waals surface area contributed by atoms with Crippen molar-refractivity contribution in [1.29, 1.82) is 0 Å². The van der Waals surface area contributed by atoms with Gasteiger partial charge in [-0.05, 0) is 36.2 Å². The lowest BCUT2D eigenvalue weighted by atomic mass is 9.79. The fourth-order valence-electron chi connectivity index (χ4n) is 3.01. The van der Waals surface area contributed by atoms with E-state index in [1.54, 1.807) is 0 Å². The van der Waals surface area contributed by atoms with Crippen LogP contribution in [0, 0.1) is 5.41 Å². The molecule has 2 unspecified atom stereocenters. The first kappa shape index (κ1) is 14.6. The molecule has 1 aliphatic carbocycles. The summed E-state index contributed by atoms with van der Waals surface area (Å²) in [5.74, 6) is 0.711. The smallest absolute Gasteiger partial charge is 0.0136 e. The average molecular weight is 259 g/mol. The van der Waals surface area contributed by atoms with Crippen LogP contribution in [0.25, 0.3) is 0 Å². The zero-order chi connectivity index (χ0) is 13.7. The van der Waals surface area contributed by atoms with Gasteiger partial charge in [0, 0.05) is 12.6 Å². The van der Waals surface area contributed by atoms with Crippen molar-refractivity contribution in [3.63, 3.8) is 0 Å². The van der Waals surface area contributed by atoms with Gasteiger partial charge >= 0.3 is 0 Å². The highest BCUT2D eigenvalue weighted by Gasteiger charge is 2.27. The van der Waals surface area contributed by atoms with Gasteiger partial charge in [0.15, 0.2) is 0 Å².